The van der Waals surface area contributed by atoms with Crippen molar-refractivity contribution in [3.05, 3.63) is 62.6 Å². The van der Waals surface area contributed by atoms with Crippen LogP contribution in [0.15, 0.2) is 34.9 Å². The first-order chi connectivity index (χ1) is 12.4. The Hall–Kier alpha value is -2.12. The third kappa shape index (κ3) is 3.68. The van der Waals surface area contributed by atoms with Crippen LogP contribution in [0, 0.1) is 13.8 Å². The third-order valence-electron chi connectivity index (χ3n) is 4.15. The van der Waals surface area contributed by atoms with E-state index in [4.69, 9.17) is 11.6 Å². The van der Waals surface area contributed by atoms with Gasteiger partial charge in [0.15, 0.2) is 0 Å². The molecule has 0 fully saturated rings. The summed E-state index contributed by atoms with van der Waals surface area (Å²) in [6.45, 7) is 6.95. The average Bonchev–Trinajstić information content (AvgIpc) is 3.09. The van der Waals surface area contributed by atoms with E-state index in [0.717, 1.165) is 17.0 Å². The molecule has 0 spiro atoms. The summed E-state index contributed by atoms with van der Waals surface area (Å²) in [6, 6.07) is 7.66. The molecule has 0 aliphatic heterocycles. The number of benzene rings is 1. The van der Waals surface area contributed by atoms with E-state index in [0.29, 0.717) is 34.0 Å². The SMILES string of the molecule is CCn1ncc(Br)c1C(=O)Nc1c(C)nn(Cc2cccc(Cl)c2)c1C. The number of aromatic nitrogens is 4. The summed E-state index contributed by atoms with van der Waals surface area (Å²) in [4.78, 5) is 12.7. The number of hydrogen-bond donors (Lipinski definition) is 1. The number of hydrogen-bond acceptors (Lipinski definition) is 3. The molecule has 6 nitrogen and oxygen atoms in total. The molecule has 0 saturated carbocycles. The number of carbonyl (C=O) groups excluding carboxylic acids is 1. The van der Waals surface area contributed by atoms with Gasteiger partial charge in [0, 0.05) is 11.6 Å². The normalized spacial score (nSPS) is 11.0. The number of halogens is 2. The van der Waals surface area contributed by atoms with Gasteiger partial charge >= 0.3 is 0 Å². The van der Waals surface area contributed by atoms with Crippen molar-refractivity contribution in [2.75, 3.05) is 5.32 Å². The fraction of sp³-hybridized carbons (Fsp3) is 0.278. The van der Waals surface area contributed by atoms with Gasteiger partial charge in [0.1, 0.15) is 5.69 Å². The first-order valence-corrected chi connectivity index (χ1v) is 9.39. The van der Waals surface area contributed by atoms with Crippen LogP contribution in [0.5, 0.6) is 0 Å². The summed E-state index contributed by atoms with van der Waals surface area (Å²) >= 11 is 9.44. The molecule has 0 aliphatic rings. The van der Waals surface area contributed by atoms with Crippen molar-refractivity contribution in [2.24, 2.45) is 0 Å². The quantitative estimate of drug-likeness (QED) is 0.643. The fourth-order valence-corrected chi connectivity index (χ4v) is 3.53. The highest BCUT2D eigenvalue weighted by Crippen LogP contribution is 2.24. The number of anilines is 1. The third-order valence-corrected chi connectivity index (χ3v) is 4.97. The molecule has 0 saturated heterocycles. The highest BCUT2D eigenvalue weighted by Gasteiger charge is 2.20. The van der Waals surface area contributed by atoms with E-state index in [1.54, 1.807) is 10.9 Å². The van der Waals surface area contributed by atoms with E-state index in [1.165, 1.54) is 0 Å². The molecule has 0 atom stereocenters. The van der Waals surface area contributed by atoms with Crippen LogP contribution < -0.4 is 5.32 Å². The second kappa shape index (κ2) is 7.63. The zero-order valence-electron chi connectivity index (χ0n) is 14.8. The maximum absolute atomic E-state index is 12.7. The number of nitrogens with zero attached hydrogens (tertiary/aromatic N) is 4. The molecule has 3 rings (SSSR count). The zero-order chi connectivity index (χ0) is 18.8. The molecular formula is C18H19BrClN5O. The predicted octanol–water partition coefficient (Wildman–Crippen LogP) is 4.43. The Morgan fingerprint density at radius 3 is 2.77 bits per heavy atom. The second-order valence-electron chi connectivity index (χ2n) is 5.94. The average molecular weight is 437 g/mol. The summed E-state index contributed by atoms with van der Waals surface area (Å²) in [6.07, 6.45) is 1.63. The van der Waals surface area contributed by atoms with Crippen LogP contribution in [0.25, 0.3) is 0 Å². The van der Waals surface area contributed by atoms with Crippen LogP contribution in [-0.4, -0.2) is 25.5 Å². The van der Waals surface area contributed by atoms with Gasteiger partial charge in [-0.2, -0.15) is 10.2 Å². The fourth-order valence-electron chi connectivity index (χ4n) is 2.84. The Morgan fingerprint density at radius 1 is 1.31 bits per heavy atom. The second-order valence-corrected chi connectivity index (χ2v) is 7.24. The Bertz CT molecular complexity index is 963. The van der Waals surface area contributed by atoms with E-state index in [9.17, 15) is 4.79 Å². The molecule has 3 aromatic rings. The van der Waals surface area contributed by atoms with Gasteiger partial charge in [-0.3, -0.25) is 14.2 Å². The summed E-state index contributed by atoms with van der Waals surface area (Å²) in [5, 5.41) is 12.4. The van der Waals surface area contributed by atoms with Crippen LogP contribution in [0.1, 0.15) is 34.4 Å². The van der Waals surface area contributed by atoms with Gasteiger partial charge in [0.05, 0.1) is 34.3 Å². The monoisotopic (exact) mass is 435 g/mol. The van der Waals surface area contributed by atoms with Gasteiger partial charge in [0.25, 0.3) is 5.91 Å². The zero-order valence-corrected chi connectivity index (χ0v) is 17.1. The standard InChI is InChI=1S/C18H19BrClN5O/c1-4-24-17(15(19)9-21-24)18(26)22-16-11(2)23-25(12(16)3)10-13-6-5-7-14(20)8-13/h5-9H,4,10H2,1-3H3,(H,22,26). The number of aryl methyl sites for hydroxylation is 2. The van der Waals surface area contributed by atoms with E-state index in [2.05, 4.69) is 31.4 Å². The van der Waals surface area contributed by atoms with E-state index in [1.807, 2.05) is 49.7 Å². The Morgan fingerprint density at radius 2 is 2.08 bits per heavy atom. The smallest absolute Gasteiger partial charge is 0.275 e. The van der Waals surface area contributed by atoms with Crippen LogP contribution in [0.3, 0.4) is 0 Å². The molecule has 0 aliphatic carbocycles. The molecule has 2 aromatic heterocycles. The van der Waals surface area contributed by atoms with Crippen molar-refractivity contribution in [1.29, 1.82) is 0 Å². The first-order valence-electron chi connectivity index (χ1n) is 8.21. The van der Waals surface area contributed by atoms with Gasteiger partial charge in [0.2, 0.25) is 0 Å². The van der Waals surface area contributed by atoms with E-state index in [-0.39, 0.29) is 5.91 Å². The lowest BCUT2D eigenvalue weighted by Gasteiger charge is -2.09. The van der Waals surface area contributed by atoms with Crippen molar-refractivity contribution in [2.45, 2.75) is 33.9 Å². The number of rotatable bonds is 5. The van der Waals surface area contributed by atoms with E-state index < -0.39 is 0 Å². The van der Waals surface area contributed by atoms with Crippen molar-refractivity contribution in [3.63, 3.8) is 0 Å². The van der Waals surface area contributed by atoms with Crippen molar-refractivity contribution < 1.29 is 4.79 Å². The van der Waals surface area contributed by atoms with Crippen LogP contribution >= 0.6 is 27.5 Å². The minimum absolute atomic E-state index is 0.218. The molecule has 1 amide bonds. The van der Waals surface area contributed by atoms with Crippen LogP contribution in [0.2, 0.25) is 5.02 Å². The minimum atomic E-state index is -0.218. The molecule has 1 N–H and O–H groups in total. The van der Waals surface area contributed by atoms with E-state index >= 15 is 0 Å². The van der Waals surface area contributed by atoms with Crippen LogP contribution in [-0.2, 0) is 13.1 Å². The van der Waals surface area contributed by atoms with Gasteiger partial charge in [-0.1, -0.05) is 23.7 Å². The molecule has 0 bridgehead atoms. The van der Waals surface area contributed by atoms with Crippen LogP contribution in [0.4, 0.5) is 5.69 Å². The molecular weight excluding hydrogens is 418 g/mol. The lowest BCUT2D eigenvalue weighted by Crippen LogP contribution is -2.18. The molecule has 0 unspecified atom stereocenters. The topological polar surface area (TPSA) is 64.7 Å². The highest BCUT2D eigenvalue weighted by atomic mass is 79.9. The first kappa shape index (κ1) is 18.7. The molecule has 26 heavy (non-hydrogen) atoms. The highest BCUT2D eigenvalue weighted by molar-refractivity contribution is 9.10. The molecule has 136 valence electrons. The summed E-state index contributed by atoms with van der Waals surface area (Å²) in [5.74, 6) is -0.218. The van der Waals surface area contributed by atoms with Crippen molar-refractivity contribution in [3.8, 4) is 0 Å². The summed E-state index contributed by atoms with van der Waals surface area (Å²) in [5.41, 5.74) is 3.90. The van der Waals surface area contributed by atoms with Gasteiger partial charge in [-0.25, -0.2) is 0 Å². The number of nitrogens with one attached hydrogen (secondary N) is 1. The summed E-state index contributed by atoms with van der Waals surface area (Å²) < 4.78 is 4.18. The van der Waals surface area contributed by atoms with Gasteiger partial charge in [-0.05, 0) is 54.4 Å². The summed E-state index contributed by atoms with van der Waals surface area (Å²) in [7, 11) is 0. The maximum Gasteiger partial charge on any atom is 0.275 e. The van der Waals surface area contributed by atoms with Gasteiger partial charge < -0.3 is 5.32 Å². The van der Waals surface area contributed by atoms with Crippen molar-refractivity contribution in [1.82, 2.24) is 19.6 Å². The maximum atomic E-state index is 12.7. The molecule has 0 radical (unpaired) electrons. The Kier molecular flexibility index (Phi) is 5.48. The molecule has 8 heteroatoms. The number of carbonyl (C=O) groups is 1. The Labute approximate surface area is 165 Å². The Balaban J connectivity index is 1.86. The molecule has 1 aromatic carbocycles. The minimum Gasteiger partial charge on any atom is -0.317 e. The largest absolute Gasteiger partial charge is 0.317 e. The van der Waals surface area contributed by atoms with Gasteiger partial charge in [-0.15, -0.1) is 0 Å². The lowest BCUT2D eigenvalue weighted by molar-refractivity contribution is 0.101. The lowest BCUT2D eigenvalue weighted by atomic mass is 10.2. The number of amides is 1. The molecule has 2 heterocycles. The van der Waals surface area contributed by atoms with Crippen molar-refractivity contribution >= 4 is 39.1 Å². The predicted molar refractivity (Wildman–Crippen MR) is 106 cm³/mol.